The van der Waals surface area contributed by atoms with Crippen molar-refractivity contribution in [2.75, 3.05) is 12.0 Å². The first-order valence-corrected chi connectivity index (χ1v) is 7.15. The van der Waals surface area contributed by atoms with Crippen LogP contribution in [0.3, 0.4) is 0 Å². The van der Waals surface area contributed by atoms with Crippen molar-refractivity contribution in [2.45, 2.75) is 18.7 Å². The van der Waals surface area contributed by atoms with E-state index in [0.29, 0.717) is 18.1 Å². The van der Waals surface area contributed by atoms with Gasteiger partial charge in [0.15, 0.2) is 5.82 Å². The zero-order chi connectivity index (χ0) is 13.1. The zero-order valence-corrected chi connectivity index (χ0v) is 11.1. The summed E-state index contributed by atoms with van der Waals surface area (Å²) in [6, 6.07) is 7.41. The van der Waals surface area contributed by atoms with E-state index in [1.807, 2.05) is 25.1 Å². The van der Waals surface area contributed by atoms with E-state index < -0.39 is 10.8 Å². The molecule has 0 saturated heterocycles. The molecule has 0 aliphatic carbocycles. The number of benzene rings is 1. The maximum absolute atomic E-state index is 11.4. The van der Waals surface area contributed by atoms with Crippen LogP contribution in [0.5, 0.6) is 0 Å². The highest BCUT2D eigenvalue weighted by Crippen LogP contribution is 2.22. The Hall–Kier alpha value is -1.76. The minimum Gasteiger partial charge on any atom is -0.398 e. The molecule has 0 amide bonds. The summed E-state index contributed by atoms with van der Waals surface area (Å²) in [5.74, 6) is 0.602. The largest absolute Gasteiger partial charge is 0.398 e. The molecule has 1 aromatic heterocycles. The second-order valence-corrected chi connectivity index (χ2v) is 5.88. The number of hydrogen-bond donors (Lipinski definition) is 1. The summed E-state index contributed by atoms with van der Waals surface area (Å²) in [7, 11) is -0.913. The van der Waals surface area contributed by atoms with Crippen molar-refractivity contribution < 1.29 is 4.21 Å². The monoisotopic (exact) mass is 265 g/mol. The smallest absolute Gasteiger partial charge is 0.184 e. The third kappa shape index (κ3) is 2.56. The number of hydrogen-bond acceptors (Lipinski definition) is 5. The first kappa shape index (κ1) is 12.7. The molecule has 0 bridgehead atoms. The van der Waals surface area contributed by atoms with Gasteiger partial charge in [-0.1, -0.05) is 12.1 Å². The molecule has 2 rings (SSSR count). The summed E-state index contributed by atoms with van der Waals surface area (Å²) in [5.41, 5.74) is 7.31. The molecule has 0 aliphatic rings. The van der Waals surface area contributed by atoms with Gasteiger partial charge in [0.2, 0.25) is 0 Å². The molecule has 96 valence electrons. The molecule has 0 saturated carbocycles. The standard InChI is InChI=1S/C11H15N5OS/c1-8(18(2)17)7-16-11(13-14-15-16)9-5-3-4-6-10(9)12/h3-6,8H,7,12H2,1-2H3. The van der Waals surface area contributed by atoms with E-state index in [-0.39, 0.29) is 5.25 Å². The molecule has 2 N–H and O–H groups in total. The van der Waals surface area contributed by atoms with Crippen molar-refractivity contribution in [1.29, 1.82) is 0 Å². The predicted octanol–water partition coefficient (Wildman–Crippen LogP) is 0.689. The molecule has 0 spiro atoms. The van der Waals surface area contributed by atoms with Gasteiger partial charge in [-0.25, -0.2) is 4.68 Å². The van der Waals surface area contributed by atoms with Crippen LogP contribution in [0.1, 0.15) is 6.92 Å². The molecule has 2 unspecified atom stereocenters. The van der Waals surface area contributed by atoms with Crippen LogP contribution in [0.4, 0.5) is 5.69 Å². The topological polar surface area (TPSA) is 86.7 Å². The molecule has 1 heterocycles. The Morgan fingerprint density at radius 3 is 2.83 bits per heavy atom. The van der Waals surface area contributed by atoms with Crippen molar-refractivity contribution in [3.63, 3.8) is 0 Å². The zero-order valence-electron chi connectivity index (χ0n) is 10.3. The lowest BCUT2D eigenvalue weighted by Gasteiger charge is -2.10. The minimum atomic E-state index is -0.913. The Morgan fingerprint density at radius 1 is 1.44 bits per heavy atom. The lowest BCUT2D eigenvalue weighted by atomic mass is 10.1. The first-order chi connectivity index (χ1) is 8.59. The number of nitrogen functional groups attached to an aromatic ring is 1. The SMILES string of the molecule is CC(Cn1nnnc1-c1ccccc1N)S(C)=O. The number of anilines is 1. The summed E-state index contributed by atoms with van der Waals surface area (Å²) in [5, 5.41) is 11.5. The minimum absolute atomic E-state index is 0.0165. The second kappa shape index (κ2) is 5.26. The van der Waals surface area contributed by atoms with Gasteiger partial charge in [0.25, 0.3) is 0 Å². The number of rotatable bonds is 4. The van der Waals surface area contributed by atoms with Crippen LogP contribution in [0, 0.1) is 0 Å². The number of para-hydroxylation sites is 1. The molecule has 2 atom stereocenters. The third-order valence-electron chi connectivity index (χ3n) is 2.73. The van der Waals surface area contributed by atoms with E-state index in [1.165, 1.54) is 0 Å². The second-order valence-electron chi connectivity index (χ2n) is 4.08. The van der Waals surface area contributed by atoms with E-state index in [0.717, 1.165) is 5.56 Å². The molecule has 0 aliphatic heterocycles. The Bertz CT molecular complexity index is 568. The van der Waals surface area contributed by atoms with Crippen molar-refractivity contribution in [2.24, 2.45) is 0 Å². The summed E-state index contributed by atoms with van der Waals surface area (Å²) in [6.07, 6.45) is 1.67. The molecule has 18 heavy (non-hydrogen) atoms. The van der Waals surface area contributed by atoms with Gasteiger partial charge in [0.05, 0.1) is 11.8 Å². The highest BCUT2D eigenvalue weighted by molar-refractivity contribution is 7.84. The fourth-order valence-corrected chi connectivity index (χ4v) is 1.92. The highest BCUT2D eigenvalue weighted by atomic mass is 32.2. The quantitative estimate of drug-likeness (QED) is 0.822. The van der Waals surface area contributed by atoms with Gasteiger partial charge in [-0.15, -0.1) is 5.10 Å². The van der Waals surface area contributed by atoms with Crippen LogP contribution >= 0.6 is 0 Å². The van der Waals surface area contributed by atoms with Crippen molar-refractivity contribution in [1.82, 2.24) is 20.2 Å². The molecular formula is C11H15N5OS. The normalized spacial score (nSPS) is 14.3. The van der Waals surface area contributed by atoms with E-state index in [4.69, 9.17) is 5.73 Å². The summed E-state index contributed by atoms with van der Waals surface area (Å²) in [4.78, 5) is 0. The predicted molar refractivity (Wildman–Crippen MR) is 71.2 cm³/mol. The maximum atomic E-state index is 11.4. The molecule has 0 fully saturated rings. The summed E-state index contributed by atoms with van der Waals surface area (Å²) < 4.78 is 13.0. The van der Waals surface area contributed by atoms with Crippen LogP contribution in [0.15, 0.2) is 24.3 Å². The average molecular weight is 265 g/mol. The number of nitrogens with two attached hydrogens (primary N) is 1. The maximum Gasteiger partial charge on any atom is 0.184 e. The van der Waals surface area contributed by atoms with Crippen LogP contribution in [0.2, 0.25) is 0 Å². The fraction of sp³-hybridized carbons (Fsp3) is 0.364. The van der Waals surface area contributed by atoms with Gasteiger partial charge in [0, 0.05) is 28.3 Å². The number of aromatic nitrogens is 4. The Morgan fingerprint density at radius 2 is 2.17 bits per heavy atom. The third-order valence-corrected chi connectivity index (χ3v) is 4.01. The van der Waals surface area contributed by atoms with Crippen LogP contribution < -0.4 is 5.73 Å². The lowest BCUT2D eigenvalue weighted by Crippen LogP contribution is -2.19. The lowest BCUT2D eigenvalue weighted by molar-refractivity contribution is 0.579. The highest BCUT2D eigenvalue weighted by Gasteiger charge is 2.15. The van der Waals surface area contributed by atoms with Crippen LogP contribution in [0.25, 0.3) is 11.4 Å². The average Bonchev–Trinajstić information content (AvgIpc) is 2.77. The molecule has 1 aromatic carbocycles. The van der Waals surface area contributed by atoms with E-state index in [9.17, 15) is 4.21 Å². The molecule has 6 nitrogen and oxygen atoms in total. The first-order valence-electron chi connectivity index (χ1n) is 5.53. The summed E-state index contributed by atoms with van der Waals surface area (Å²) >= 11 is 0. The Labute approximate surface area is 108 Å². The summed E-state index contributed by atoms with van der Waals surface area (Å²) in [6.45, 7) is 2.40. The Kier molecular flexibility index (Phi) is 3.71. The van der Waals surface area contributed by atoms with Gasteiger partial charge in [0.1, 0.15) is 0 Å². The van der Waals surface area contributed by atoms with Crippen molar-refractivity contribution >= 4 is 16.5 Å². The van der Waals surface area contributed by atoms with Crippen molar-refractivity contribution in [3.05, 3.63) is 24.3 Å². The molecule has 7 heteroatoms. The van der Waals surface area contributed by atoms with Gasteiger partial charge < -0.3 is 5.73 Å². The van der Waals surface area contributed by atoms with Gasteiger partial charge >= 0.3 is 0 Å². The number of tetrazole rings is 1. The van der Waals surface area contributed by atoms with Crippen LogP contribution in [-0.4, -0.2) is 35.9 Å². The van der Waals surface area contributed by atoms with Gasteiger partial charge in [-0.3, -0.25) is 4.21 Å². The van der Waals surface area contributed by atoms with E-state index in [2.05, 4.69) is 15.5 Å². The van der Waals surface area contributed by atoms with Crippen LogP contribution in [-0.2, 0) is 17.3 Å². The number of nitrogens with zero attached hydrogens (tertiary/aromatic N) is 4. The Balaban J connectivity index is 2.34. The van der Waals surface area contributed by atoms with E-state index in [1.54, 1.807) is 17.0 Å². The van der Waals surface area contributed by atoms with Gasteiger partial charge in [-0.2, -0.15) is 0 Å². The molecule has 2 aromatic rings. The molecular weight excluding hydrogens is 250 g/mol. The fourth-order valence-electron chi connectivity index (χ4n) is 1.57. The van der Waals surface area contributed by atoms with Crippen molar-refractivity contribution in [3.8, 4) is 11.4 Å². The molecule has 0 radical (unpaired) electrons. The van der Waals surface area contributed by atoms with E-state index >= 15 is 0 Å². The van der Waals surface area contributed by atoms with Gasteiger partial charge in [-0.05, 0) is 29.5 Å².